The van der Waals surface area contributed by atoms with Crippen molar-refractivity contribution in [1.82, 2.24) is 20.4 Å². The fourth-order valence-corrected chi connectivity index (χ4v) is 5.33. The van der Waals surface area contributed by atoms with Gasteiger partial charge in [0.05, 0.1) is 16.4 Å². The molecule has 2 aliphatic rings. The molecule has 4 rings (SSSR count). The summed E-state index contributed by atoms with van der Waals surface area (Å²) in [5.41, 5.74) is 2.92. The summed E-state index contributed by atoms with van der Waals surface area (Å²) >= 11 is 3.62. The Balaban J connectivity index is 1.32. The number of allylic oxidation sites excluding steroid dienone is 3. The zero-order valence-electron chi connectivity index (χ0n) is 19.7. The van der Waals surface area contributed by atoms with Crippen molar-refractivity contribution >= 4 is 33.2 Å². The van der Waals surface area contributed by atoms with Crippen molar-refractivity contribution in [2.75, 3.05) is 13.1 Å². The van der Waals surface area contributed by atoms with E-state index in [-0.39, 0.29) is 11.7 Å². The summed E-state index contributed by atoms with van der Waals surface area (Å²) < 4.78 is 2.95. The number of phenolic OH excluding ortho intramolecular Hbond substituents is 1. The maximum absolute atomic E-state index is 12.2. The van der Waals surface area contributed by atoms with Gasteiger partial charge in [-0.25, -0.2) is 4.68 Å². The monoisotopic (exact) mass is 526 g/mol. The molecule has 0 bridgehead atoms. The first kappa shape index (κ1) is 24.6. The number of aromatic hydroxyl groups is 1. The maximum Gasteiger partial charge on any atom is 0.220 e. The summed E-state index contributed by atoms with van der Waals surface area (Å²) in [7, 11) is 0. The molecule has 0 spiro atoms. The van der Waals surface area contributed by atoms with Gasteiger partial charge >= 0.3 is 0 Å². The lowest BCUT2D eigenvalue weighted by molar-refractivity contribution is -0.122. The molecule has 182 valence electrons. The largest absolute Gasteiger partial charge is 0.507 e. The normalized spacial score (nSPS) is 19.7. The molecule has 1 fully saturated rings. The third-order valence-corrected chi connectivity index (χ3v) is 7.39. The third-order valence-electron chi connectivity index (χ3n) is 6.73. The average molecular weight is 528 g/mol. The van der Waals surface area contributed by atoms with Gasteiger partial charge in [-0.2, -0.15) is 5.10 Å². The van der Waals surface area contributed by atoms with Crippen molar-refractivity contribution in [1.29, 1.82) is 0 Å². The maximum atomic E-state index is 12.2. The lowest BCUT2D eigenvalue weighted by Gasteiger charge is -2.20. The molecule has 2 aromatic rings. The smallest absolute Gasteiger partial charge is 0.220 e. The van der Waals surface area contributed by atoms with E-state index in [1.165, 1.54) is 32.1 Å². The Morgan fingerprint density at radius 1 is 1.15 bits per heavy atom. The van der Waals surface area contributed by atoms with Crippen LogP contribution < -0.4 is 10.6 Å². The number of aromatic nitrogens is 2. The fraction of sp³-hybridized carbons (Fsp3) is 0.481. The highest BCUT2D eigenvalue weighted by Crippen LogP contribution is 2.31. The number of nitrogens with zero attached hydrogens (tertiary/aromatic N) is 2. The van der Waals surface area contributed by atoms with E-state index in [4.69, 9.17) is 0 Å². The van der Waals surface area contributed by atoms with E-state index in [0.29, 0.717) is 18.9 Å². The van der Waals surface area contributed by atoms with Gasteiger partial charge in [-0.15, -0.1) is 0 Å². The summed E-state index contributed by atoms with van der Waals surface area (Å²) in [6, 6.07) is 7.43. The Morgan fingerprint density at radius 3 is 2.76 bits per heavy atom. The Hall–Kier alpha value is -2.54. The molecule has 2 heterocycles. The minimum atomic E-state index is 0.200. The highest BCUT2D eigenvalue weighted by atomic mass is 79.9. The molecule has 1 aromatic heterocycles. The summed E-state index contributed by atoms with van der Waals surface area (Å²) in [6.07, 6.45) is 16.6. The molecule has 6 nitrogen and oxygen atoms in total. The molecular formula is C27H35BrN4O2. The predicted molar refractivity (Wildman–Crippen MR) is 140 cm³/mol. The van der Waals surface area contributed by atoms with Crippen LogP contribution in [0, 0.1) is 5.92 Å². The van der Waals surface area contributed by atoms with Gasteiger partial charge in [0.2, 0.25) is 5.91 Å². The first-order valence-electron chi connectivity index (χ1n) is 12.6. The van der Waals surface area contributed by atoms with E-state index < -0.39 is 0 Å². The average Bonchev–Trinajstić information content (AvgIpc) is 3.18. The minimum Gasteiger partial charge on any atom is -0.507 e. The number of benzene rings is 1. The predicted octanol–water partition coefficient (Wildman–Crippen LogP) is 5.64. The zero-order chi connectivity index (χ0) is 23.8. The molecule has 0 atom stereocenters. The molecule has 1 aliphatic carbocycles. The van der Waals surface area contributed by atoms with Crippen LogP contribution in [-0.2, 0) is 11.2 Å². The van der Waals surface area contributed by atoms with Crippen molar-refractivity contribution in [2.24, 2.45) is 5.92 Å². The molecule has 1 saturated carbocycles. The standard InChI is InChI=1S/C27H35BrN4O2/c28-23-19-31-32-24(23)13-8-11-21(22-12-4-5-14-25(22)33)18-26(32)29-15-6-7-16-30-27(34)17-20-9-2-1-3-10-20/h4-5,11-12,14,18-20,29,33H,1-3,6-10,13,15-17H2,(H,30,34)/b21-11-,26-18-. The molecule has 7 heteroatoms. The van der Waals surface area contributed by atoms with Crippen molar-refractivity contribution in [3.63, 3.8) is 0 Å². The Morgan fingerprint density at radius 2 is 1.94 bits per heavy atom. The molecule has 34 heavy (non-hydrogen) atoms. The molecular weight excluding hydrogens is 492 g/mol. The van der Waals surface area contributed by atoms with Gasteiger partial charge in [0, 0.05) is 25.1 Å². The molecule has 1 amide bonds. The second kappa shape index (κ2) is 12.2. The number of unbranched alkanes of at least 4 members (excludes halogenated alkanes) is 1. The topological polar surface area (TPSA) is 79.2 Å². The highest BCUT2D eigenvalue weighted by molar-refractivity contribution is 9.10. The SMILES string of the molecule is O=C(CC1CCCCC1)NCCCCN/C1=C/C(c2ccccc2O)=C/CCc2c(Br)cnn21. The zero-order valence-corrected chi connectivity index (χ0v) is 21.3. The van der Waals surface area contributed by atoms with E-state index in [1.807, 2.05) is 29.1 Å². The van der Waals surface area contributed by atoms with E-state index in [1.54, 1.807) is 6.07 Å². The van der Waals surface area contributed by atoms with Crippen molar-refractivity contribution < 1.29 is 9.90 Å². The Labute approximate surface area is 210 Å². The number of hydrogen-bond acceptors (Lipinski definition) is 4. The van der Waals surface area contributed by atoms with Gasteiger partial charge in [-0.3, -0.25) is 4.79 Å². The second-order valence-electron chi connectivity index (χ2n) is 9.29. The lowest BCUT2D eigenvalue weighted by atomic mass is 9.87. The first-order valence-corrected chi connectivity index (χ1v) is 13.3. The van der Waals surface area contributed by atoms with Crippen LogP contribution in [0.25, 0.3) is 11.4 Å². The number of para-hydroxylation sites is 1. The Kier molecular flexibility index (Phi) is 8.85. The van der Waals surface area contributed by atoms with Gasteiger partial charge in [-0.05, 0) is 78.1 Å². The summed E-state index contributed by atoms with van der Waals surface area (Å²) in [5, 5.41) is 21.6. The van der Waals surface area contributed by atoms with Crippen LogP contribution in [0.3, 0.4) is 0 Å². The lowest BCUT2D eigenvalue weighted by Crippen LogP contribution is -2.28. The van der Waals surface area contributed by atoms with E-state index in [2.05, 4.69) is 43.8 Å². The molecule has 0 radical (unpaired) electrons. The van der Waals surface area contributed by atoms with Gasteiger partial charge < -0.3 is 15.7 Å². The van der Waals surface area contributed by atoms with Crippen LogP contribution in [0.2, 0.25) is 0 Å². The van der Waals surface area contributed by atoms with Gasteiger partial charge in [0.1, 0.15) is 11.6 Å². The number of rotatable bonds is 9. The van der Waals surface area contributed by atoms with Crippen molar-refractivity contribution in [3.05, 3.63) is 58.3 Å². The minimum absolute atomic E-state index is 0.200. The Bertz CT molecular complexity index is 1040. The van der Waals surface area contributed by atoms with Gasteiger partial charge in [0.15, 0.2) is 0 Å². The highest BCUT2D eigenvalue weighted by Gasteiger charge is 2.18. The first-order chi connectivity index (χ1) is 16.6. The summed E-state index contributed by atoms with van der Waals surface area (Å²) in [4.78, 5) is 12.2. The number of hydrogen-bond donors (Lipinski definition) is 3. The molecule has 3 N–H and O–H groups in total. The fourth-order valence-electron chi connectivity index (χ4n) is 4.87. The van der Waals surface area contributed by atoms with Crippen LogP contribution >= 0.6 is 15.9 Å². The van der Waals surface area contributed by atoms with Gasteiger partial charge in [-0.1, -0.05) is 43.5 Å². The van der Waals surface area contributed by atoms with Crippen LogP contribution in [0.1, 0.15) is 69.0 Å². The van der Waals surface area contributed by atoms with Crippen molar-refractivity contribution in [3.8, 4) is 5.75 Å². The number of amides is 1. The number of carbonyl (C=O) groups excluding carboxylic acids is 1. The van der Waals surface area contributed by atoms with Crippen molar-refractivity contribution in [2.45, 2.75) is 64.2 Å². The van der Waals surface area contributed by atoms with E-state index >= 15 is 0 Å². The number of fused-ring (bicyclic) bond motifs is 1. The number of halogens is 1. The van der Waals surface area contributed by atoms with Crippen LogP contribution in [0.4, 0.5) is 0 Å². The molecule has 1 aliphatic heterocycles. The molecule has 1 aromatic carbocycles. The van der Waals surface area contributed by atoms with E-state index in [9.17, 15) is 9.90 Å². The van der Waals surface area contributed by atoms with Gasteiger partial charge in [0.25, 0.3) is 0 Å². The number of carbonyl (C=O) groups is 1. The quantitative estimate of drug-likeness (QED) is 0.369. The molecule has 0 saturated heterocycles. The number of phenols is 1. The van der Waals surface area contributed by atoms with Crippen LogP contribution in [0.5, 0.6) is 5.75 Å². The molecule has 0 unspecified atom stereocenters. The summed E-state index contributed by atoms with van der Waals surface area (Å²) in [6.45, 7) is 1.49. The number of nitrogens with one attached hydrogen (secondary N) is 2. The second-order valence-corrected chi connectivity index (χ2v) is 10.1. The van der Waals surface area contributed by atoms with Crippen LogP contribution in [0.15, 0.2) is 47.1 Å². The summed E-state index contributed by atoms with van der Waals surface area (Å²) in [5.74, 6) is 1.94. The van der Waals surface area contributed by atoms with Crippen LogP contribution in [-0.4, -0.2) is 33.9 Å². The third kappa shape index (κ3) is 6.53. The van der Waals surface area contributed by atoms with E-state index in [0.717, 1.165) is 59.4 Å².